The van der Waals surface area contributed by atoms with Crippen molar-refractivity contribution >= 4 is 33.5 Å². The van der Waals surface area contributed by atoms with Crippen LogP contribution in [0.25, 0.3) is 0 Å². The van der Waals surface area contributed by atoms with E-state index in [9.17, 15) is 14.7 Å². The van der Waals surface area contributed by atoms with Crippen LogP contribution in [0, 0.1) is 6.92 Å². The molecule has 0 fully saturated rings. The number of phenols is 1. The fourth-order valence-corrected chi connectivity index (χ4v) is 2.23. The molecular formula is C15H12BrNO4. The number of aromatic carboxylic acids is 1. The summed E-state index contributed by atoms with van der Waals surface area (Å²) < 4.78 is 0.791. The Kier molecular flexibility index (Phi) is 4.28. The van der Waals surface area contributed by atoms with E-state index >= 15 is 0 Å². The number of aromatic hydroxyl groups is 1. The molecule has 0 saturated heterocycles. The van der Waals surface area contributed by atoms with E-state index in [0.29, 0.717) is 5.56 Å². The summed E-state index contributed by atoms with van der Waals surface area (Å²) in [5.41, 5.74) is 1.15. The van der Waals surface area contributed by atoms with Gasteiger partial charge in [0.25, 0.3) is 5.91 Å². The molecule has 5 nitrogen and oxygen atoms in total. The lowest BCUT2D eigenvalue weighted by Crippen LogP contribution is -2.16. The van der Waals surface area contributed by atoms with Gasteiger partial charge < -0.3 is 15.5 Å². The maximum Gasteiger partial charge on any atom is 0.337 e. The van der Waals surface area contributed by atoms with E-state index in [-0.39, 0.29) is 17.0 Å². The lowest BCUT2D eigenvalue weighted by molar-refractivity contribution is 0.0697. The smallest absolute Gasteiger partial charge is 0.337 e. The first-order valence-corrected chi connectivity index (χ1v) is 6.82. The van der Waals surface area contributed by atoms with Crippen molar-refractivity contribution in [2.45, 2.75) is 6.92 Å². The largest absolute Gasteiger partial charge is 0.508 e. The molecule has 6 heteroatoms. The third-order valence-electron chi connectivity index (χ3n) is 2.99. The lowest BCUT2D eigenvalue weighted by Gasteiger charge is -2.11. The highest BCUT2D eigenvalue weighted by Crippen LogP contribution is 2.24. The number of hydrogen-bond acceptors (Lipinski definition) is 3. The summed E-state index contributed by atoms with van der Waals surface area (Å²) in [6.45, 7) is 1.79. The summed E-state index contributed by atoms with van der Waals surface area (Å²) in [4.78, 5) is 23.4. The van der Waals surface area contributed by atoms with E-state index in [0.717, 1.165) is 16.1 Å². The van der Waals surface area contributed by atoms with Crippen molar-refractivity contribution in [3.8, 4) is 5.75 Å². The molecule has 2 aromatic carbocycles. The topological polar surface area (TPSA) is 86.6 Å². The molecule has 0 unspecified atom stereocenters. The fourth-order valence-electron chi connectivity index (χ4n) is 1.86. The maximum atomic E-state index is 12.3. The standard InChI is InChI=1S/C15H12BrNO4/c1-8-10(3-2-4-12(8)16)14(19)17-13-6-5-9(18)7-11(13)15(20)21/h2-7,18H,1H3,(H,17,19)(H,20,21). The third kappa shape index (κ3) is 3.22. The van der Waals surface area contributed by atoms with Crippen LogP contribution in [0.1, 0.15) is 26.3 Å². The number of phenolic OH excluding ortho intramolecular Hbond substituents is 1. The molecule has 2 aromatic rings. The number of benzene rings is 2. The van der Waals surface area contributed by atoms with Gasteiger partial charge in [-0.15, -0.1) is 0 Å². The summed E-state index contributed by atoms with van der Waals surface area (Å²) in [5, 5.41) is 21.0. The number of carbonyl (C=O) groups is 2. The lowest BCUT2D eigenvalue weighted by atomic mass is 10.1. The third-order valence-corrected chi connectivity index (χ3v) is 3.85. The van der Waals surface area contributed by atoms with Crippen molar-refractivity contribution in [1.29, 1.82) is 0 Å². The van der Waals surface area contributed by atoms with Gasteiger partial charge in [-0.2, -0.15) is 0 Å². The van der Waals surface area contributed by atoms with Crippen LogP contribution in [0.5, 0.6) is 5.75 Å². The summed E-state index contributed by atoms with van der Waals surface area (Å²) >= 11 is 3.34. The molecule has 3 N–H and O–H groups in total. The number of rotatable bonds is 3. The van der Waals surface area contributed by atoms with Gasteiger partial charge in [0.2, 0.25) is 0 Å². The van der Waals surface area contributed by atoms with E-state index in [1.165, 1.54) is 12.1 Å². The minimum absolute atomic E-state index is 0.129. The van der Waals surface area contributed by atoms with Crippen molar-refractivity contribution in [2.24, 2.45) is 0 Å². The number of carboxylic acid groups (broad SMARTS) is 1. The highest BCUT2D eigenvalue weighted by Gasteiger charge is 2.16. The molecule has 0 atom stereocenters. The molecule has 0 aliphatic carbocycles. The number of nitrogens with one attached hydrogen (secondary N) is 1. The van der Waals surface area contributed by atoms with Crippen molar-refractivity contribution in [3.05, 3.63) is 57.6 Å². The maximum absolute atomic E-state index is 12.3. The first-order chi connectivity index (χ1) is 9.90. The number of anilines is 1. The normalized spacial score (nSPS) is 10.2. The highest BCUT2D eigenvalue weighted by molar-refractivity contribution is 9.10. The van der Waals surface area contributed by atoms with Crippen molar-refractivity contribution < 1.29 is 19.8 Å². The van der Waals surface area contributed by atoms with Crippen molar-refractivity contribution in [2.75, 3.05) is 5.32 Å². The average molecular weight is 350 g/mol. The fraction of sp³-hybridized carbons (Fsp3) is 0.0667. The van der Waals surface area contributed by atoms with Gasteiger partial charge in [0.1, 0.15) is 5.75 Å². The summed E-state index contributed by atoms with van der Waals surface area (Å²) in [6.07, 6.45) is 0. The predicted molar refractivity (Wildman–Crippen MR) is 81.9 cm³/mol. The molecule has 0 spiro atoms. The van der Waals surface area contributed by atoms with Crippen LogP contribution < -0.4 is 5.32 Å². The Bertz CT molecular complexity index is 728. The second-order valence-electron chi connectivity index (χ2n) is 4.40. The molecule has 0 aliphatic heterocycles. The zero-order chi connectivity index (χ0) is 15.6. The van der Waals surface area contributed by atoms with Crippen LogP contribution in [0.2, 0.25) is 0 Å². The molecule has 21 heavy (non-hydrogen) atoms. The molecule has 108 valence electrons. The first-order valence-electron chi connectivity index (χ1n) is 6.03. The van der Waals surface area contributed by atoms with E-state index in [1.807, 2.05) is 6.07 Å². The van der Waals surface area contributed by atoms with E-state index < -0.39 is 11.9 Å². The molecule has 2 rings (SSSR count). The molecule has 0 saturated carbocycles. The molecular weight excluding hydrogens is 338 g/mol. The summed E-state index contributed by atoms with van der Waals surface area (Å²) in [6, 6.07) is 8.94. The monoisotopic (exact) mass is 349 g/mol. The zero-order valence-electron chi connectivity index (χ0n) is 11.1. The number of hydrogen-bond donors (Lipinski definition) is 3. The number of carbonyl (C=O) groups excluding carboxylic acids is 1. The summed E-state index contributed by atoms with van der Waals surface area (Å²) in [5.74, 6) is -1.82. The SMILES string of the molecule is Cc1c(Br)cccc1C(=O)Nc1ccc(O)cc1C(=O)O. The van der Waals surface area contributed by atoms with E-state index in [4.69, 9.17) is 5.11 Å². The molecule has 0 bridgehead atoms. The second kappa shape index (κ2) is 5.97. The quantitative estimate of drug-likeness (QED) is 0.741. The van der Waals surface area contributed by atoms with Gasteiger partial charge in [-0.25, -0.2) is 4.79 Å². The van der Waals surface area contributed by atoms with Gasteiger partial charge >= 0.3 is 5.97 Å². The van der Waals surface area contributed by atoms with Gasteiger partial charge in [-0.1, -0.05) is 22.0 Å². The Morgan fingerprint density at radius 3 is 2.52 bits per heavy atom. The van der Waals surface area contributed by atoms with Crippen molar-refractivity contribution in [3.63, 3.8) is 0 Å². The Balaban J connectivity index is 2.36. The van der Waals surface area contributed by atoms with Gasteiger partial charge in [0.05, 0.1) is 11.3 Å². The number of carboxylic acids is 1. The van der Waals surface area contributed by atoms with Gasteiger partial charge in [0.15, 0.2) is 0 Å². The van der Waals surface area contributed by atoms with E-state index in [2.05, 4.69) is 21.2 Å². The van der Waals surface area contributed by atoms with E-state index in [1.54, 1.807) is 19.1 Å². The zero-order valence-corrected chi connectivity index (χ0v) is 12.6. The predicted octanol–water partition coefficient (Wildman–Crippen LogP) is 3.41. The number of amides is 1. The molecule has 1 amide bonds. The Hall–Kier alpha value is -2.34. The second-order valence-corrected chi connectivity index (χ2v) is 5.26. The Morgan fingerprint density at radius 1 is 1.14 bits per heavy atom. The highest BCUT2D eigenvalue weighted by atomic mass is 79.9. The minimum Gasteiger partial charge on any atom is -0.508 e. The van der Waals surface area contributed by atoms with Crippen LogP contribution >= 0.6 is 15.9 Å². The van der Waals surface area contributed by atoms with Crippen molar-refractivity contribution in [1.82, 2.24) is 0 Å². The van der Waals surface area contributed by atoms with Gasteiger partial charge in [0, 0.05) is 10.0 Å². The summed E-state index contributed by atoms with van der Waals surface area (Å²) in [7, 11) is 0. The van der Waals surface area contributed by atoms with Crippen LogP contribution in [0.3, 0.4) is 0 Å². The average Bonchev–Trinajstić information content (AvgIpc) is 2.43. The number of halogens is 1. The van der Waals surface area contributed by atoms with Crippen LogP contribution in [-0.2, 0) is 0 Å². The van der Waals surface area contributed by atoms with Gasteiger partial charge in [-0.3, -0.25) is 4.79 Å². The minimum atomic E-state index is -1.23. The molecule has 0 radical (unpaired) electrons. The Labute approximate surface area is 129 Å². The molecule has 0 heterocycles. The molecule has 0 aromatic heterocycles. The van der Waals surface area contributed by atoms with Crippen LogP contribution in [0.15, 0.2) is 40.9 Å². The molecule has 0 aliphatic rings. The van der Waals surface area contributed by atoms with Crippen LogP contribution in [-0.4, -0.2) is 22.1 Å². The van der Waals surface area contributed by atoms with Gasteiger partial charge in [-0.05, 0) is 42.8 Å². The first kappa shape index (κ1) is 15.1. The Morgan fingerprint density at radius 2 is 1.86 bits per heavy atom. The van der Waals surface area contributed by atoms with Crippen LogP contribution in [0.4, 0.5) is 5.69 Å².